The summed E-state index contributed by atoms with van der Waals surface area (Å²) in [4.78, 5) is 10.6. The summed E-state index contributed by atoms with van der Waals surface area (Å²) in [6.07, 6.45) is 0. The first kappa shape index (κ1) is 15.1. The monoisotopic (exact) mass is 245 g/mol. The molecule has 1 rings (SSSR count). The second kappa shape index (κ2) is 8.25. The van der Waals surface area contributed by atoms with Gasteiger partial charge < -0.3 is 5.32 Å². The molecule has 0 atom stereocenters. The van der Waals surface area contributed by atoms with E-state index >= 15 is 0 Å². The van der Waals surface area contributed by atoms with Gasteiger partial charge in [-0.3, -0.25) is 4.79 Å². The lowest BCUT2D eigenvalue weighted by atomic mass is 10.2. The second-order valence-corrected chi connectivity index (χ2v) is 3.46. The number of halogens is 2. The Morgan fingerprint density at radius 2 is 2.06 bits per heavy atom. The first-order valence-corrected chi connectivity index (χ1v) is 5.61. The maximum absolute atomic E-state index is 12.9. The van der Waals surface area contributed by atoms with Crippen LogP contribution in [0.5, 0.6) is 0 Å². The molecule has 90 valence electrons. The van der Waals surface area contributed by atoms with Gasteiger partial charge in [-0.2, -0.15) is 0 Å². The molecule has 1 aromatic carbocycles. The van der Waals surface area contributed by atoms with E-state index in [0.717, 1.165) is 5.56 Å². The average Bonchev–Trinajstić information content (AvgIpc) is 2.26. The highest BCUT2D eigenvalue weighted by Gasteiger charge is 2.00. The number of carbonyl (C=O) groups excluding carboxylic acids is 1. The van der Waals surface area contributed by atoms with Crippen molar-refractivity contribution in [1.29, 1.82) is 0 Å². The van der Waals surface area contributed by atoms with Crippen molar-refractivity contribution in [2.24, 2.45) is 0 Å². The van der Waals surface area contributed by atoms with Crippen LogP contribution in [-0.4, -0.2) is 12.3 Å². The fraction of sp³-hybridized carbons (Fsp3) is 0.417. The van der Waals surface area contributed by atoms with E-state index in [0.29, 0.717) is 13.1 Å². The van der Waals surface area contributed by atoms with Crippen molar-refractivity contribution in [2.45, 2.75) is 27.3 Å². The van der Waals surface area contributed by atoms with E-state index in [4.69, 9.17) is 11.6 Å². The third-order valence-corrected chi connectivity index (χ3v) is 1.99. The van der Waals surface area contributed by atoms with Crippen LogP contribution in [-0.2, 0) is 11.3 Å². The number of Topliss-reactive ketones (excluding diaryl/α,β-unsaturated/α-hetero) is 1. The van der Waals surface area contributed by atoms with Crippen LogP contribution >= 0.6 is 11.6 Å². The van der Waals surface area contributed by atoms with Gasteiger partial charge in [-0.15, -0.1) is 0 Å². The summed E-state index contributed by atoms with van der Waals surface area (Å²) in [5, 5.41) is 3.00. The van der Waals surface area contributed by atoms with Crippen LogP contribution in [0.25, 0.3) is 0 Å². The number of nitrogens with one attached hydrogen (secondary N) is 1. The van der Waals surface area contributed by atoms with Gasteiger partial charge >= 0.3 is 0 Å². The molecular weight excluding hydrogens is 229 g/mol. The Kier molecular flexibility index (Phi) is 7.77. The van der Waals surface area contributed by atoms with Crippen molar-refractivity contribution in [1.82, 2.24) is 5.32 Å². The SMILES string of the molecule is CC.CC(=O)CNCc1ccc(Cl)c(F)c1. The topological polar surface area (TPSA) is 29.1 Å². The first-order valence-electron chi connectivity index (χ1n) is 5.23. The lowest BCUT2D eigenvalue weighted by molar-refractivity contribution is -0.116. The van der Waals surface area contributed by atoms with Crippen molar-refractivity contribution < 1.29 is 9.18 Å². The smallest absolute Gasteiger partial charge is 0.143 e. The summed E-state index contributed by atoms with van der Waals surface area (Å²) in [6.45, 7) is 6.26. The Bertz CT molecular complexity index is 342. The summed E-state index contributed by atoms with van der Waals surface area (Å²) in [5.41, 5.74) is 0.771. The van der Waals surface area contributed by atoms with Crippen LogP contribution in [0.3, 0.4) is 0 Å². The molecule has 0 aliphatic rings. The Morgan fingerprint density at radius 3 is 2.56 bits per heavy atom. The zero-order valence-electron chi connectivity index (χ0n) is 9.81. The first-order chi connectivity index (χ1) is 7.59. The second-order valence-electron chi connectivity index (χ2n) is 3.05. The van der Waals surface area contributed by atoms with Gasteiger partial charge in [-0.05, 0) is 24.6 Å². The molecule has 0 amide bonds. The standard InChI is InChI=1S/C10H11ClFNO.C2H6/c1-7(14)5-13-6-8-2-3-9(11)10(12)4-8;1-2/h2-4,13H,5-6H2,1H3;1-2H3. The predicted octanol–water partition coefficient (Wildman–Crippen LogP) is 3.18. The number of rotatable bonds is 4. The zero-order valence-corrected chi connectivity index (χ0v) is 10.6. The summed E-state index contributed by atoms with van der Waals surface area (Å²) < 4.78 is 12.9. The summed E-state index contributed by atoms with van der Waals surface area (Å²) in [7, 11) is 0. The van der Waals surface area contributed by atoms with Gasteiger partial charge in [0.05, 0.1) is 11.6 Å². The minimum absolute atomic E-state index is 0.0550. The maximum Gasteiger partial charge on any atom is 0.143 e. The van der Waals surface area contributed by atoms with Gasteiger partial charge in [0.15, 0.2) is 0 Å². The van der Waals surface area contributed by atoms with Crippen LogP contribution in [0, 0.1) is 5.82 Å². The molecule has 0 heterocycles. The quantitative estimate of drug-likeness (QED) is 0.883. The number of hydrogen-bond acceptors (Lipinski definition) is 2. The van der Waals surface area contributed by atoms with Crippen LogP contribution in [0.1, 0.15) is 26.3 Å². The number of ketones is 1. The van der Waals surface area contributed by atoms with Crippen LogP contribution < -0.4 is 5.32 Å². The molecule has 0 spiro atoms. The third-order valence-electron chi connectivity index (χ3n) is 1.69. The van der Waals surface area contributed by atoms with Crippen LogP contribution in [0.15, 0.2) is 18.2 Å². The van der Waals surface area contributed by atoms with Crippen molar-refractivity contribution in [3.63, 3.8) is 0 Å². The fourth-order valence-electron chi connectivity index (χ4n) is 1.03. The highest BCUT2D eigenvalue weighted by Crippen LogP contribution is 2.15. The summed E-state index contributed by atoms with van der Waals surface area (Å²) >= 11 is 5.52. The Labute approximate surface area is 101 Å². The van der Waals surface area contributed by atoms with Crippen molar-refractivity contribution in [3.05, 3.63) is 34.6 Å². The van der Waals surface area contributed by atoms with E-state index in [1.165, 1.54) is 19.1 Å². The van der Waals surface area contributed by atoms with Gasteiger partial charge in [0, 0.05) is 6.54 Å². The van der Waals surface area contributed by atoms with Crippen molar-refractivity contribution in [2.75, 3.05) is 6.54 Å². The molecule has 2 nitrogen and oxygen atoms in total. The molecule has 0 unspecified atom stereocenters. The summed E-state index contributed by atoms with van der Waals surface area (Å²) in [5.74, 6) is -0.381. The van der Waals surface area contributed by atoms with E-state index in [9.17, 15) is 9.18 Å². The molecule has 0 aliphatic carbocycles. The minimum Gasteiger partial charge on any atom is -0.306 e. The lowest BCUT2D eigenvalue weighted by Crippen LogP contribution is -2.20. The molecular formula is C12H17ClFNO. The maximum atomic E-state index is 12.9. The molecule has 0 aliphatic heterocycles. The Balaban J connectivity index is 0.00000106. The Hall–Kier alpha value is -0.930. The normalized spacial score (nSPS) is 9.31. The van der Waals surface area contributed by atoms with Crippen LogP contribution in [0.2, 0.25) is 5.02 Å². The molecule has 1 N–H and O–H groups in total. The van der Waals surface area contributed by atoms with Crippen LogP contribution in [0.4, 0.5) is 4.39 Å². The third kappa shape index (κ3) is 5.83. The predicted molar refractivity (Wildman–Crippen MR) is 65.1 cm³/mol. The van der Waals surface area contributed by atoms with E-state index in [-0.39, 0.29) is 10.8 Å². The van der Waals surface area contributed by atoms with Gasteiger partial charge in [0.1, 0.15) is 11.6 Å². The molecule has 0 saturated carbocycles. The fourth-order valence-corrected chi connectivity index (χ4v) is 1.15. The number of benzene rings is 1. The molecule has 0 saturated heterocycles. The molecule has 0 bridgehead atoms. The Morgan fingerprint density at radius 1 is 1.44 bits per heavy atom. The largest absolute Gasteiger partial charge is 0.306 e. The summed E-state index contributed by atoms with van der Waals surface area (Å²) in [6, 6.07) is 4.58. The highest BCUT2D eigenvalue weighted by atomic mass is 35.5. The van der Waals surface area contributed by atoms with Crippen molar-refractivity contribution in [3.8, 4) is 0 Å². The lowest BCUT2D eigenvalue weighted by Gasteiger charge is -2.03. The van der Waals surface area contributed by atoms with Gasteiger partial charge in [-0.1, -0.05) is 31.5 Å². The minimum atomic E-state index is -0.436. The number of carbonyl (C=O) groups is 1. The molecule has 0 radical (unpaired) electrons. The van der Waals surface area contributed by atoms with E-state index in [2.05, 4.69) is 5.32 Å². The average molecular weight is 246 g/mol. The highest BCUT2D eigenvalue weighted by molar-refractivity contribution is 6.30. The van der Waals surface area contributed by atoms with Gasteiger partial charge in [0.2, 0.25) is 0 Å². The van der Waals surface area contributed by atoms with E-state index < -0.39 is 5.82 Å². The molecule has 4 heteroatoms. The zero-order chi connectivity index (χ0) is 12.6. The van der Waals surface area contributed by atoms with Gasteiger partial charge in [-0.25, -0.2) is 4.39 Å². The van der Waals surface area contributed by atoms with E-state index in [1.807, 2.05) is 13.8 Å². The molecule has 16 heavy (non-hydrogen) atoms. The molecule has 0 fully saturated rings. The van der Waals surface area contributed by atoms with Gasteiger partial charge in [0.25, 0.3) is 0 Å². The van der Waals surface area contributed by atoms with Crippen molar-refractivity contribution >= 4 is 17.4 Å². The number of hydrogen-bond donors (Lipinski definition) is 1. The molecule has 1 aromatic rings. The van der Waals surface area contributed by atoms with E-state index in [1.54, 1.807) is 6.07 Å². The molecule has 0 aromatic heterocycles.